The Hall–Kier alpha value is -0.120. The zero-order chi connectivity index (χ0) is 4.83. The van der Waals surface area contributed by atoms with Gasteiger partial charge in [0.2, 0.25) is 0 Å². The predicted octanol–water partition coefficient (Wildman–Crippen LogP) is -0.303. The summed E-state index contributed by atoms with van der Waals surface area (Å²) in [6.07, 6.45) is 0.510. The fraction of sp³-hybridized carbons (Fsp3) is 1.00. The highest BCUT2D eigenvalue weighted by atomic mass is 16.6. The molecule has 0 unspecified atom stereocenters. The summed E-state index contributed by atoms with van der Waals surface area (Å²) >= 11 is 0. The van der Waals surface area contributed by atoms with Crippen LogP contribution in [0.15, 0.2) is 0 Å². The Kier molecular flexibility index (Phi) is 4.78. The summed E-state index contributed by atoms with van der Waals surface area (Å²) in [4.78, 5) is 4.08. The lowest BCUT2D eigenvalue weighted by Gasteiger charge is -1.87. The van der Waals surface area contributed by atoms with Gasteiger partial charge in [-0.05, 0) is 6.42 Å². The fourth-order valence-corrected chi connectivity index (χ4v) is 0.142. The average molecular weight is 90.1 g/mol. The normalized spacial score (nSPS) is 9.00. The molecule has 0 amide bonds. The van der Waals surface area contributed by atoms with Gasteiger partial charge in [0.15, 0.2) is 0 Å². The molecule has 0 spiro atoms. The van der Waals surface area contributed by atoms with E-state index in [1.54, 1.807) is 0 Å². The van der Waals surface area contributed by atoms with E-state index in [-0.39, 0.29) is 6.61 Å². The quantitative estimate of drug-likeness (QED) is 0.382. The monoisotopic (exact) mass is 90.1 g/mol. The first kappa shape index (κ1) is 5.88. The molecule has 0 saturated heterocycles. The van der Waals surface area contributed by atoms with Crippen LogP contribution in [0, 0.1) is 0 Å². The highest BCUT2D eigenvalue weighted by Gasteiger charge is 1.78. The van der Waals surface area contributed by atoms with Crippen molar-refractivity contribution in [2.75, 3.05) is 13.2 Å². The minimum atomic E-state index is -0.100. The molecule has 37 valence electrons. The maximum absolute atomic E-state index is 9.55. The Balaban J connectivity index is 2.34. The molecule has 0 aliphatic carbocycles. The molecule has 0 aromatic carbocycles. The van der Waals surface area contributed by atoms with Gasteiger partial charge in [-0.15, -0.1) is 0 Å². The van der Waals surface area contributed by atoms with Gasteiger partial charge in [-0.1, -0.05) is 0 Å². The largest absolute Gasteiger partial charge is 0.305 e. The van der Waals surface area contributed by atoms with Crippen LogP contribution in [0.3, 0.4) is 0 Å². The van der Waals surface area contributed by atoms with Crippen molar-refractivity contribution in [3.8, 4) is 0 Å². The highest BCUT2D eigenvalue weighted by Crippen LogP contribution is 1.71. The summed E-state index contributed by atoms with van der Waals surface area (Å²) in [7, 11) is 0. The van der Waals surface area contributed by atoms with E-state index in [2.05, 4.69) is 10.7 Å². The van der Waals surface area contributed by atoms with Crippen LogP contribution in [0.1, 0.15) is 6.42 Å². The third-order valence-electron chi connectivity index (χ3n) is 0.407. The van der Waals surface area contributed by atoms with E-state index < -0.39 is 0 Å². The summed E-state index contributed by atoms with van der Waals surface area (Å²) in [5, 5.41) is 9.55. The average Bonchev–Trinajstić information content (AvgIpc) is 1.61. The maximum atomic E-state index is 9.55. The zero-order valence-electron chi connectivity index (χ0n) is 3.52. The Bertz CT molecular complexity index is 20.8. The molecule has 0 aliphatic heterocycles. The van der Waals surface area contributed by atoms with Crippen LogP contribution >= 0.6 is 0 Å². The third-order valence-corrected chi connectivity index (χ3v) is 0.407. The van der Waals surface area contributed by atoms with E-state index in [0.29, 0.717) is 13.0 Å². The van der Waals surface area contributed by atoms with Gasteiger partial charge in [-0.25, -0.2) is 11.0 Å². The number of rotatable bonds is 3. The molecular formula is C3H8NO2. The third kappa shape index (κ3) is 3.88. The van der Waals surface area contributed by atoms with Gasteiger partial charge in [-0.3, -0.25) is 0 Å². The van der Waals surface area contributed by atoms with Crippen LogP contribution in [0.5, 0.6) is 0 Å². The molecule has 1 radical (unpaired) electrons. The minimum absolute atomic E-state index is 0.100. The SMILES string of the molecule is NOCCC[O]. The van der Waals surface area contributed by atoms with Crippen molar-refractivity contribution in [3.63, 3.8) is 0 Å². The molecule has 0 aromatic heterocycles. The molecule has 0 saturated carbocycles. The van der Waals surface area contributed by atoms with Crippen LogP contribution < -0.4 is 5.90 Å². The number of nitrogens with two attached hydrogens (primary N) is 1. The van der Waals surface area contributed by atoms with Crippen molar-refractivity contribution in [3.05, 3.63) is 0 Å². The molecule has 3 nitrogen and oxygen atoms in total. The van der Waals surface area contributed by atoms with Crippen LogP contribution in [0.4, 0.5) is 0 Å². The van der Waals surface area contributed by atoms with Crippen LogP contribution in [0.25, 0.3) is 0 Å². The van der Waals surface area contributed by atoms with Crippen molar-refractivity contribution in [2.24, 2.45) is 5.90 Å². The van der Waals surface area contributed by atoms with Gasteiger partial charge >= 0.3 is 0 Å². The molecular weight excluding hydrogens is 82.0 g/mol. The standard InChI is InChI=1S/C3H8NO2/c4-6-3-1-2-5/h1-4H2. The number of hydrogen-bond acceptors (Lipinski definition) is 2. The van der Waals surface area contributed by atoms with Crippen molar-refractivity contribution in [2.45, 2.75) is 6.42 Å². The molecule has 6 heavy (non-hydrogen) atoms. The van der Waals surface area contributed by atoms with Gasteiger partial charge in [0, 0.05) is 0 Å². The maximum Gasteiger partial charge on any atom is 0.0845 e. The van der Waals surface area contributed by atoms with E-state index in [0.717, 1.165) is 0 Å². The van der Waals surface area contributed by atoms with Gasteiger partial charge in [-0.2, -0.15) is 0 Å². The Morgan fingerprint density at radius 2 is 2.33 bits per heavy atom. The molecule has 0 bridgehead atoms. The molecule has 0 heterocycles. The predicted molar refractivity (Wildman–Crippen MR) is 20.3 cm³/mol. The summed E-state index contributed by atoms with van der Waals surface area (Å²) in [6, 6.07) is 0. The van der Waals surface area contributed by atoms with Gasteiger partial charge in [0.25, 0.3) is 0 Å². The first-order valence-electron chi connectivity index (χ1n) is 1.81. The molecule has 0 atom stereocenters. The molecule has 0 aliphatic rings. The van der Waals surface area contributed by atoms with Gasteiger partial charge in [0.05, 0.1) is 13.2 Å². The van der Waals surface area contributed by atoms with Gasteiger partial charge in [0.1, 0.15) is 0 Å². The smallest absolute Gasteiger partial charge is 0.0845 e. The molecule has 2 N–H and O–H groups in total. The second-order valence-corrected chi connectivity index (χ2v) is 0.928. The second kappa shape index (κ2) is 4.88. The van der Waals surface area contributed by atoms with Crippen molar-refractivity contribution >= 4 is 0 Å². The van der Waals surface area contributed by atoms with E-state index in [9.17, 15) is 5.11 Å². The minimum Gasteiger partial charge on any atom is -0.305 e. The van der Waals surface area contributed by atoms with E-state index >= 15 is 0 Å². The van der Waals surface area contributed by atoms with E-state index in [1.807, 2.05) is 0 Å². The summed E-state index contributed by atoms with van der Waals surface area (Å²) in [5.74, 6) is 4.58. The Morgan fingerprint density at radius 3 is 2.50 bits per heavy atom. The summed E-state index contributed by atoms with van der Waals surface area (Å²) in [6.45, 7) is 0.278. The fourth-order valence-electron chi connectivity index (χ4n) is 0.142. The van der Waals surface area contributed by atoms with Crippen molar-refractivity contribution in [1.82, 2.24) is 0 Å². The van der Waals surface area contributed by atoms with Crippen LogP contribution in [-0.4, -0.2) is 13.2 Å². The number of hydrogen-bond donors (Lipinski definition) is 1. The Labute approximate surface area is 36.7 Å². The summed E-state index contributed by atoms with van der Waals surface area (Å²) < 4.78 is 0. The van der Waals surface area contributed by atoms with Crippen LogP contribution in [-0.2, 0) is 9.94 Å². The topological polar surface area (TPSA) is 55.1 Å². The van der Waals surface area contributed by atoms with Crippen molar-refractivity contribution < 1.29 is 9.94 Å². The zero-order valence-corrected chi connectivity index (χ0v) is 3.52. The van der Waals surface area contributed by atoms with Crippen molar-refractivity contribution in [1.29, 1.82) is 0 Å². The first-order chi connectivity index (χ1) is 2.91. The lowest BCUT2D eigenvalue weighted by atomic mass is 10.5. The Morgan fingerprint density at radius 1 is 1.67 bits per heavy atom. The first-order valence-corrected chi connectivity index (χ1v) is 1.81. The molecule has 0 rings (SSSR count). The molecule has 0 aromatic rings. The van der Waals surface area contributed by atoms with E-state index in [1.165, 1.54) is 0 Å². The van der Waals surface area contributed by atoms with E-state index in [4.69, 9.17) is 0 Å². The molecule has 0 fully saturated rings. The lowest BCUT2D eigenvalue weighted by Crippen LogP contribution is -2.01. The lowest BCUT2D eigenvalue weighted by molar-refractivity contribution is 0.100. The van der Waals surface area contributed by atoms with Crippen LogP contribution in [0.2, 0.25) is 0 Å². The molecule has 3 heteroatoms. The highest BCUT2D eigenvalue weighted by molar-refractivity contribution is 4.24. The second-order valence-electron chi connectivity index (χ2n) is 0.928. The van der Waals surface area contributed by atoms with Gasteiger partial charge < -0.3 is 4.84 Å². The summed E-state index contributed by atoms with van der Waals surface area (Å²) in [5.41, 5.74) is 0.